The molecule has 5 nitrogen and oxygen atoms in total. The van der Waals surface area contributed by atoms with Crippen LogP contribution in [0.25, 0.3) is 0 Å². The van der Waals surface area contributed by atoms with Gasteiger partial charge in [-0.15, -0.1) is 0 Å². The third kappa shape index (κ3) is 2.45. The molecule has 0 saturated carbocycles. The molecule has 1 aliphatic heterocycles. The number of nitrogens with zero attached hydrogens (tertiary/aromatic N) is 1. The quantitative estimate of drug-likeness (QED) is 0.454. The van der Waals surface area contributed by atoms with Gasteiger partial charge in [0.05, 0.1) is 7.11 Å². The number of ether oxygens (including phenoxy) is 1. The summed E-state index contributed by atoms with van der Waals surface area (Å²) in [7, 11) is 1.20. The van der Waals surface area contributed by atoms with E-state index < -0.39 is 11.9 Å². The van der Waals surface area contributed by atoms with Gasteiger partial charge in [-0.2, -0.15) is 0 Å². The Kier molecular flexibility index (Phi) is 3.88. The van der Waals surface area contributed by atoms with E-state index in [1.54, 1.807) is 0 Å². The standard InChI is InChI=1S/C9H15NO4/c1-14-9(13)8(12)10-4-2-7(6-11)3-5-10/h7,11H,2-6H2,1H3. The summed E-state index contributed by atoms with van der Waals surface area (Å²) >= 11 is 0. The normalized spacial score (nSPS) is 18.0. The molecule has 0 aromatic heterocycles. The first-order chi connectivity index (χ1) is 6.69. The Morgan fingerprint density at radius 2 is 2.00 bits per heavy atom. The average Bonchev–Trinajstić information content (AvgIpc) is 2.27. The van der Waals surface area contributed by atoms with Crippen LogP contribution in [0.4, 0.5) is 0 Å². The van der Waals surface area contributed by atoms with E-state index in [0.29, 0.717) is 13.1 Å². The molecule has 1 aliphatic rings. The van der Waals surface area contributed by atoms with Crippen molar-refractivity contribution >= 4 is 11.9 Å². The van der Waals surface area contributed by atoms with Gasteiger partial charge in [-0.05, 0) is 18.8 Å². The molecule has 14 heavy (non-hydrogen) atoms. The summed E-state index contributed by atoms with van der Waals surface area (Å²) < 4.78 is 4.34. The summed E-state index contributed by atoms with van der Waals surface area (Å²) in [5.74, 6) is -1.13. The number of esters is 1. The first-order valence-corrected chi connectivity index (χ1v) is 4.67. The fraction of sp³-hybridized carbons (Fsp3) is 0.778. The molecule has 0 aliphatic carbocycles. The third-order valence-electron chi connectivity index (χ3n) is 2.52. The summed E-state index contributed by atoms with van der Waals surface area (Å²) in [6.45, 7) is 1.21. The lowest BCUT2D eigenvalue weighted by Gasteiger charge is -2.30. The zero-order valence-electron chi connectivity index (χ0n) is 8.23. The highest BCUT2D eigenvalue weighted by atomic mass is 16.5. The van der Waals surface area contributed by atoms with E-state index in [1.165, 1.54) is 12.0 Å². The Morgan fingerprint density at radius 3 is 2.43 bits per heavy atom. The van der Waals surface area contributed by atoms with Crippen LogP contribution in [0.2, 0.25) is 0 Å². The average molecular weight is 201 g/mol. The summed E-state index contributed by atoms with van der Waals surface area (Å²) in [6.07, 6.45) is 1.50. The van der Waals surface area contributed by atoms with Crippen LogP contribution < -0.4 is 0 Å². The predicted octanol–water partition coefficient (Wildman–Crippen LogP) is -0.610. The van der Waals surface area contributed by atoms with Crippen molar-refractivity contribution in [3.63, 3.8) is 0 Å². The molecule has 1 N–H and O–H groups in total. The number of carbonyl (C=O) groups excluding carboxylic acids is 2. The van der Waals surface area contributed by atoms with Crippen molar-refractivity contribution in [1.82, 2.24) is 4.90 Å². The molecule has 1 amide bonds. The van der Waals surface area contributed by atoms with E-state index in [-0.39, 0.29) is 12.5 Å². The van der Waals surface area contributed by atoms with Crippen LogP contribution in [0.15, 0.2) is 0 Å². The second-order valence-corrected chi connectivity index (χ2v) is 3.41. The molecule has 0 bridgehead atoms. The zero-order chi connectivity index (χ0) is 10.6. The fourth-order valence-corrected chi connectivity index (χ4v) is 1.54. The van der Waals surface area contributed by atoms with Gasteiger partial charge in [-0.3, -0.25) is 4.79 Å². The second kappa shape index (κ2) is 4.95. The lowest BCUT2D eigenvalue weighted by molar-refractivity contribution is -0.159. The lowest BCUT2D eigenvalue weighted by atomic mass is 9.98. The monoisotopic (exact) mass is 201 g/mol. The topological polar surface area (TPSA) is 66.8 Å². The number of aliphatic hydroxyl groups excluding tert-OH is 1. The van der Waals surface area contributed by atoms with Gasteiger partial charge in [0.2, 0.25) is 0 Å². The first kappa shape index (κ1) is 11.0. The number of aliphatic hydroxyl groups is 1. The summed E-state index contributed by atoms with van der Waals surface area (Å²) in [5.41, 5.74) is 0. The smallest absolute Gasteiger partial charge is 0.396 e. The van der Waals surface area contributed by atoms with Gasteiger partial charge in [-0.25, -0.2) is 4.79 Å². The van der Waals surface area contributed by atoms with Crippen LogP contribution in [0.3, 0.4) is 0 Å². The van der Waals surface area contributed by atoms with Crippen LogP contribution in [0, 0.1) is 5.92 Å². The highest BCUT2D eigenvalue weighted by molar-refractivity contribution is 6.32. The number of rotatable bonds is 1. The maximum Gasteiger partial charge on any atom is 0.396 e. The molecule has 1 fully saturated rings. The Morgan fingerprint density at radius 1 is 1.43 bits per heavy atom. The molecular weight excluding hydrogens is 186 g/mol. The van der Waals surface area contributed by atoms with Gasteiger partial charge in [-0.1, -0.05) is 0 Å². The van der Waals surface area contributed by atoms with Crippen molar-refractivity contribution < 1.29 is 19.4 Å². The highest BCUT2D eigenvalue weighted by Crippen LogP contribution is 2.16. The van der Waals surface area contributed by atoms with Crippen LogP contribution in [-0.2, 0) is 14.3 Å². The molecule has 1 saturated heterocycles. The van der Waals surface area contributed by atoms with Crippen molar-refractivity contribution in [2.75, 3.05) is 26.8 Å². The van der Waals surface area contributed by atoms with Crippen molar-refractivity contribution in [3.8, 4) is 0 Å². The molecule has 5 heteroatoms. The van der Waals surface area contributed by atoms with Crippen LogP contribution in [-0.4, -0.2) is 48.7 Å². The minimum Gasteiger partial charge on any atom is -0.462 e. The van der Waals surface area contributed by atoms with Gasteiger partial charge in [0, 0.05) is 19.7 Å². The molecular formula is C9H15NO4. The molecule has 0 spiro atoms. The maximum atomic E-state index is 11.3. The minimum atomic E-state index is -0.813. The number of methoxy groups -OCH3 is 1. The summed E-state index contributed by atoms with van der Waals surface area (Å²) in [5, 5.41) is 8.88. The van der Waals surface area contributed by atoms with Crippen molar-refractivity contribution in [1.29, 1.82) is 0 Å². The molecule has 1 heterocycles. The molecule has 0 unspecified atom stereocenters. The molecule has 80 valence electrons. The largest absolute Gasteiger partial charge is 0.462 e. The Hall–Kier alpha value is -1.10. The van der Waals surface area contributed by atoms with Gasteiger partial charge < -0.3 is 14.7 Å². The van der Waals surface area contributed by atoms with E-state index in [4.69, 9.17) is 5.11 Å². The van der Waals surface area contributed by atoms with Gasteiger partial charge >= 0.3 is 11.9 Å². The zero-order valence-corrected chi connectivity index (χ0v) is 8.23. The van der Waals surface area contributed by atoms with Gasteiger partial charge in [0.25, 0.3) is 0 Å². The Bertz CT molecular complexity index is 221. The number of hydrogen-bond donors (Lipinski definition) is 1. The SMILES string of the molecule is COC(=O)C(=O)N1CCC(CO)CC1. The number of amides is 1. The van der Waals surface area contributed by atoms with E-state index in [9.17, 15) is 9.59 Å². The first-order valence-electron chi connectivity index (χ1n) is 4.67. The van der Waals surface area contributed by atoms with E-state index in [2.05, 4.69) is 4.74 Å². The Balaban J connectivity index is 2.41. The van der Waals surface area contributed by atoms with Crippen molar-refractivity contribution in [3.05, 3.63) is 0 Å². The highest BCUT2D eigenvalue weighted by Gasteiger charge is 2.26. The lowest BCUT2D eigenvalue weighted by Crippen LogP contribution is -2.43. The second-order valence-electron chi connectivity index (χ2n) is 3.41. The molecule has 1 rings (SSSR count). The number of hydrogen-bond acceptors (Lipinski definition) is 4. The summed E-state index contributed by atoms with van der Waals surface area (Å²) in [4.78, 5) is 23.7. The van der Waals surface area contributed by atoms with E-state index >= 15 is 0 Å². The van der Waals surface area contributed by atoms with Crippen LogP contribution in [0.1, 0.15) is 12.8 Å². The van der Waals surface area contributed by atoms with Crippen molar-refractivity contribution in [2.45, 2.75) is 12.8 Å². The van der Waals surface area contributed by atoms with Gasteiger partial charge in [0.1, 0.15) is 0 Å². The molecule has 0 atom stereocenters. The molecule has 0 radical (unpaired) electrons. The maximum absolute atomic E-state index is 11.3. The molecule has 0 aromatic rings. The van der Waals surface area contributed by atoms with Crippen LogP contribution in [0.5, 0.6) is 0 Å². The number of carbonyl (C=O) groups is 2. The molecule has 0 aromatic carbocycles. The summed E-state index contributed by atoms with van der Waals surface area (Å²) in [6, 6.07) is 0. The minimum absolute atomic E-state index is 0.153. The predicted molar refractivity (Wildman–Crippen MR) is 48.4 cm³/mol. The van der Waals surface area contributed by atoms with E-state index in [1.807, 2.05) is 0 Å². The van der Waals surface area contributed by atoms with Crippen LogP contribution >= 0.6 is 0 Å². The number of piperidine rings is 1. The Labute approximate surface area is 82.6 Å². The third-order valence-corrected chi connectivity index (χ3v) is 2.52. The fourth-order valence-electron chi connectivity index (χ4n) is 1.54. The van der Waals surface area contributed by atoms with E-state index in [0.717, 1.165) is 12.8 Å². The van der Waals surface area contributed by atoms with Gasteiger partial charge in [0.15, 0.2) is 0 Å². The number of likely N-dealkylation sites (tertiary alicyclic amines) is 1. The van der Waals surface area contributed by atoms with Crippen molar-refractivity contribution in [2.24, 2.45) is 5.92 Å².